The van der Waals surface area contributed by atoms with Crippen molar-refractivity contribution in [2.45, 2.75) is 56.7 Å². The summed E-state index contributed by atoms with van der Waals surface area (Å²) in [5.41, 5.74) is 1.37. The van der Waals surface area contributed by atoms with Gasteiger partial charge in [-0.2, -0.15) is 0 Å². The van der Waals surface area contributed by atoms with Gasteiger partial charge in [0.2, 0.25) is 0 Å². The highest BCUT2D eigenvalue weighted by Gasteiger charge is 2.25. The quantitative estimate of drug-likeness (QED) is 0.274. The first-order valence-corrected chi connectivity index (χ1v) is 10.5. The molecule has 1 aromatic carbocycles. The number of guanidine groups is 1. The standard InChI is InChI=1S/C19H31N3OS.HI/c1-3-24(23)18-13-7-12-17(15-18)22-19(20-2)21-14-8-11-16-9-5-4-6-10-16;/h4-6,9-10,17-18H,3,7-8,11-15H2,1-2H3,(H2,20,21,22);1H. The second-order valence-electron chi connectivity index (χ2n) is 6.39. The van der Waals surface area contributed by atoms with E-state index in [9.17, 15) is 4.21 Å². The Balaban J connectivity index is 0.00000312. The van der Waals surface area contributed by atoms with Crippen molar-refractivity contribution in [3.63, 3.8) is 0 Å². The van der Waals surface area contributed by atoms with Gasteiger partial charge >= 0.3 is 0 Å². The second kappa shape index (κ2) is 12.7. The van der Waals surface area contributed by atoms with Crippen LogP contribution in [0.25, 0.3) is 0 Å². The van der Waals surface area contributed by atoms with Crippen LogP contribution >= 0.6 is 24.0 Å². The molecule has 1 aliphatic carbocycles. The van der Waals surface area contributed by atoms with Crippen molar-refractivity contribution < 1.29 is 4.21 Å². The van der Waals surface area contributed by atoms with Gasteiger partial charge in [0, 0.05) is 41.4 Å². The Labute approximate surface area is 172 Å². The van der Waals surface area contributed by atoms with E-state index in [0.717, 1.165) is 56.8 Å². The largest absolute Gasteiger partial charge is 0.356 e. The Morgan fingerprint density at radius 3 is 2.72 bits per heavy atom. The average Bonchev–Trinajstić information content (AvgIpc) is 2.64. The zero-order valence-corrected chi connectivity index (χ0v) is 18.5. The molecule has 0 bridgehead atoms. The van der Waals surface area contributed by atoms with E-state index >= 15 is 0 Å². The molecule has 0 saturated heterocycles. The molecule has 0 aromatic heterocycles. The molecule has 0 heterocycles. The minimum absolute atomic E-state index is 0. The molecular formula is C19H32IN3OS. The third-order valence-corrected chi connectivity index (χ3v) is 6.37. The summed E-state index contributed by atoms with van der Waals surface area (Å²) >= 11 is 0. The summed E-state index contributed by atoms with van der Waals surface area (Å²) in [5, 5.41) is 7.27. The highest BCUT2D eigenvalue weighted by Crippen LogP contribution is 2.22. The van der Waals surface area contributed by atoms with E-state index in [-0.39, 0.29) is 24.0 Å². The van der Waals surface area contributed by atoms with Gasteiger partial charge in [-0.05, 0) is 37.7 Å². The molecule has 1 fully saturated rings. The molecule has 1 aromatic rings. The molecule has 0 spiro atoms. The van der Waals surface area contributed by atoms with Crippen LogP contribution in [0.15, 0.2) is 35.3 Å². The third kappa shape index (κ3) is 8.07. The van der Waals surface area contributed by atoms with E-state index in [0.29, 0.717) is 11.3 Å². The second-order valence-corrected chi connectivity index (χ2v) is 8.39. The smallest absolute Gasteiger partial charge is 0.191 e. The van der Waals surface area contributed by atoms with E-state index in [4.69, 9.17) is 0 Å². The Morgan fingerprint density at radius 1 is 1.28 bits per heavy atom. The molecule has 142 valence electrons. The fraction of sp³-hybridized carbons (Fsp3) is 0.632. The van der Waals surface area contributed by atoms with Gasteiger partial charge in [-0.15, -0.1) is 24.0 Å². The summed E-state index contributed by atoms with van der Waals surface area (Å²) in [6.45, 7) is 2.92. The van der Waals surface area contributed by atoms with Crippen molar-refractivity contribution in [3.8, 4) is 0 Å². The van der Waals surface area contributed by atoms with Crippen molar-refractivity contribution >= 4 is 40.7 Å². The molecule has 1 aliphatic rings. The Kier molecular flexibility index (Phi) is 11.4. The van der Waals surface area contributed by atoms with Crippen LogP contribution in [0.4, 0.5) is 0 Å². The van der Waals surface area contributed by atoms with Crippen LogP contribution in [0, 0.1) is 0 Å². The van der Waals surface area contributed by atoms with Gasteiger partial charge in [-0.25, -0.2) is 0 Å². The number of halogens is 1. The number of aliphatic imine (C=N–C) groups is 1. The lowest BCUT2D eigenvalue weighted by Gasteiger charge is -2.30. The van der Waals surface area contributed by atoms with Crippen molar-refractivity contribution in [2.24, 2.45) is 4.99 Å². The number of rotatable bonds is 7. The van der Waals surface area contributed by atoms with Crippen LogP contribution in [-0.2, 0) is 17.2 Å². The predicted molar refractivity (Wildman–Crippen MR) is 119 cm³/mol. The lowest BCUT2D eigenvalue weighted by molar-refractivity contribution is 0.413. The molecular weight excluding hydrogens is 445 g/mol. The number of nitrogens with zero attached hydrogens (tertiary/aromatic N) is 1. The summed E-state index contributed by atoms with van der Waals surface area (Å²) in [7, 11) is 1.14. The molecule has 1 saturated carbocycles. The molecule has 3 atom stereocenters. The Morgan fingerprint density at radius 2 is 2.04 bits per heavy atom. The van der Waals surface area contributed by atoms with Crippen molar-refractivity contribution in [3.05, 3.63) is 35.9 Å². The minimum Gasteiger partial charge on any atom is -0.356 e. The van der Waals surface area contributed by atoms with E-state index in [1.165, 1.54) is 5.56 Å². The zero-order chi connectivity index (χ0) is 17.2. The van der Waals surface area contributed by atoms with Crippen molar-refractivity contribution in [1.82, 2.24) is 10.6 Å². The van der Waals surface area contributed by atoms with Gasteiger partial charge in [0.05, 0.1) is 0 Å². The summed E-state index contributed by atoms with van der Waals surface area (Å²) in [6.07, 6.45) is 6.54. The van der Waals surface area contributed by atoms with Crippen LogP contribution in [0.2, 0.25) is 0 Å². The number of benzene rings is 1. The lowest BCUT2D eigenvalue weighted by Crippen LogP contribution is -2.46. The topological polar surface area (TPSA) is 53.5 Å². The monoisotopic (exact) mass is 477 g/mol. The molecule has 0 amide bonds. The highest BCUT2D eigenvalue weighted by atomic mass is 127. The maximum absolute atomic E-state index is 12.1. The van der Waals surface area contributed by atoms with E-state index < -0.39 is 10.8 Å². The van der Waals surface area contributed by atoms with Crippen LogP contribution in [-0.4, -0.2) is 40.8 Å². The van der Waals surface area contributed by atoms with Gasteiger partial charge in [-0.1, -0.05) is 43.7 Å². The molecule has 3 unspecified atom stereocenters. The Bertz CT molecular complexity index is 539. The maximum Gasteiger partial charge on any atom is 0.191 e. The van der Waals surface area contributed by atoms with E-state index in [2.05, 4.69) is 46.0 Å². The zero-order valence-electron chi connectivity index (χ0n) is 15.4. The fourth-order valence-electron chi connectivity index (χ4n) is 3.28. The van der Waals surface area contributed by atoms with Gasteiger partial charge < -0.3 is 10.6 Å². The number of hydrogen-bond acceptors (Lipinski definition) is 2. The summed E-state index contributed by atoms with van der Waals surface area (Å²) < 4.78 is 12.1. The molecule has 0 aliphatic heterocycles. The van der Waals surface area contributed by atoms with E-state index in [1.807, 2.05) is 14.0 Å². The third-order valence-electron chi connectivity index (χ3n) is 4.62. The van der Waals surface area contributed by atoms with Gasteiger partial charge in [0.25, 0.3) is 0 Å². The Hall–Kier alpha value is -0.630. The molecule has 2 rings (SSSR count). The molecule has 6 heteroatoms. The first-order chi connectivity index (χ1) is 11.7. The number of hydrogen-bond donors (Lipinski definition) is 2. The summed E-state index contributed by atoms with van der Waals surface area (Å²) in [4.78, 5) is 4.34. The molecule has 25 heavy (non-hydrogen) atoms. The number of nitrogens with one attached hydrogen (secondary N) is 2. The first-order valence-electron chi connectivity index (χ1n) is 9.11. The number of aryl methyl sites for hydroxylation is 1. The summed E-state index contributed by atoms with van der Waals surface area (Å²) in [6, 6.07) is 11.0. The lowest BCUT2D eigenvalue weighted by atomic mass is 9.95. The van der Waals surface area contributed by atoms with Gasteiger partial charge in [0.1, 0.15) is 0 Å². The first kappa shape index (κ1) is 22.4. The van der Waals surface area contributed by atoms with Crippen LogP contribution in [0.3, 0.4) is 0 Å². The minimum atomic E-state index is -0.679. The van der Waals surface area contributed by atoms with Gasteiger partial charge in [-0.3, -0.25) is 9.20 Å². The van der Waals surface area contributed by atoms with Crippen molar-refractivity contribution in [2.75, 3.05) is 19.3 Å². The molecule has 0 radical (unpaired) electrons. The molecule has 4 nitrogen and oxygen atoms in total. The van der Waals surface area contributed by atoms with E-state index in [1.54, 1.807) is 0 Å². The fourth-order valence-corrected chi connectivity index (χ4v) is 4.63. The van der Waals surface area contributed by atoms with Gasteiger partial charge in [0.15, 0.2) is 5.96 Å². The predicted octanol–water partition coefficient (Wildman–Crippen LogP) is 3.48. The average molecular weight is 477 g/mol. The summed E-state index contributed by atoms with van der Waals surface area (Å²) in [5.74, 6) is 1.64. The molecule has 2 N–H and O–H groups in total. The van der Waals surface area contributed by atoms with Crippen LogP contribution in [0.1, 0.15) is 44.6 Å². The highest BCUT2D eigenvalue weighted by molar-refractivity contribution is 14.0. The maximum atomic E-state index is 12.1. The van der Waals surface area contributed by atoms with Crippen LogP contribution < -0.4 is 10.6 Å². The van der Waals surface area contributed by atoms with Crippen molar-refractivity contribution in [1.29, 1.82) is 0 Å². The normalized spacial score (nSPS) is 21.9. The SMILES string of the molecule is CCS(=O)C1CCCC(NC(=NC)NCCCc2ccccc2)C1.I. The van der Waals surface area contributed by atoms with Crippen LogP contribution in [0.5, 0.6) is 0 Å².